The minimum absolute atomic E-state index is 0.676. The van der Waals surface area contributed by atoms with Gasteiger partial charge in [0.25, 0.3) is 0 Å². The summed E-state index contributed by atoms with van der Waals surface area (Å²) in [6, 6.07) is 13.9. The molecule has 3 aromatic heterocycles. The third kappa shape index (κ3) is 2.24. The lowest BCUT2D eigenvalue weighted by Gasteiger charge is -2.09. The van der Waals surface area contributed by atoms with Gasteiger partial charge in [0.15, 0.2) is 11.5 Å². The SMILES string of the molecule is Cc1ccccc1-n1nnnc1-c1cc2cccnc2nc1C. The molecular weight excluding hydrogens is 288 g/mol. The standard InChI is InChI=1S/C17H14N6/c1-11-6-3-4-8-15(11)23-17(20-21-22-23)14-10-13-7-5-9-18-16(13)19-12(14)2/h3-10H,1-2H3. The van der Waals surface area contributed by atoms with E-state index in [0.29, 0.717) is 5.82 Å². The highest BCUT2D eigenvalue weighted by Gasteiger charge is 2.16. The number of pyridine rings is 2. The average Bonchev–Trinajstić information content (AvgIpc) is 3.03. The highest BCUT2D eigenvalue weighted by Crippen LogP contribution is 2.26. The van der Waals surface area contributed by atoms with Crippen molar-refractivity contribution in [2.45, 2.75) is 13.8 Å². The highest BCUT2D eigenvalue weighted by atomic mass is 15.5. The van der Waals surface area contributed by atoms with Crippen LogP contribution in [0.3, 0.4) is 0 Å². The minimum Gasteiger partial charge on any atom is -0.237 e. The van der Waals surface area contributed by atoms with E-state index < -0.39 is 0 Å². The summed E-state index contributed by atoms with van der Waals surface area (Å²) in [6.07, 6.45) is 1.74. The van der Waals surface area contributed by atoms with E-state index in [0.717, 1.165) is 33.5 Å². The van der Waals surface area contributed by atoms with Crippen molar-refractivity contribution in [1.82, 2.24) is 30.2 Å². The second kappa shape index (κ2) is 5.24. The van der Waals surface area contributed by atoms with Gasteiger partial charge in [0.1, 0.15) is 0 Å². The van der Waals surface area contributed by atoms with Gasteiger partial charge in [-0.05, 0) is 54.1 Å². The fourth-order valence-electron chi connectivity index (χ4n) is 2.64. The van der Waals surface area contributed by atoms with Crippen LogP contribution in [0.25, 0.3) is 28.1 Å². The predicted octanol–water partition coefficient (Wildman–Crippen LogP) is 2.89. The van der Waals surface area contributed by atoms with E-state index in [2.05, 4.69) is 25.5 Å². The second-order valence-electron chi connectivity index (χ2n) is 5.37. The van der Waals surface area contributed by atoms with Crippen molar-refractivity contribution in [3.05, 3.63) is 59.9 Å². The largest absolute Gasteiger partial charge is 0.237 e. The molecule has 6 heteroatoms. The molecule has 0 amide bonds. The molecule has 4 aromatic rings. The summed E-state index contributed by atoms with van der Waals surface area (Å²) >= 11 is 0. The zero-order valence-electron chi connectivity index (χ0n) is 12.8. The van der Waals surface area contributed by atoms with E-state index in [1.807, 2.05) is 56.3 Å². The molecule has 0 aliphatic carbocycles. The summed E-state index contributed by atoms with van der Waals surface area (Å²) in [5.74, 6) is 0.676. The van der Waals surface area contributed by atoms with Crippen molar-refractivity contribution < 1.29 is 0 Å². The van der Waals surface area contributed by atoms with Gasteiger partial charge in [0.05, 0.1) is 11.4 Å². The van der Waals surface area contributed by atoms with E-state index in [1.165, 1.54) is 0 Å². The summed E-state index contributed by atoms with van der Waals surface area (Å²) in [4.78, 5) is 8.86. The smallest absolute Gasteiger partial charge is 0.188 e. The second-order valence-corrected chi connectivity index (χ2v) is 5.37. The highest BCUT2D eigenvalue weighted by molar-refractivity contribution is 5.80. The first-order valence-corrected chi connectivity index (χ1v) is 7.31. The topological polar surface area (TPSA) is 69.4 Å². The first-order valence-electron chi connectivity index (χ1n) is 7.31. The Labute approximate surface area is 132 Å². The molecule has 1 aromatic carbocycles. The molecule has 4 rings (SSSR count). The molecular formula is C17H14N6. The molecule has 112 valence electrons. The summed E-state index contributed by atoms with van der Waals surface area (Å²) in [7, 11) is 0. The van der Waals surface area contributed by atoms with Gasteiger partial charge in [-0.3, -0.25) is 0 Å². The van der Waals surface area contributed by atoms with Gasteiger partial charge in [0, 0.05) is 17.1 Å². The molecule has 3 heterocycles. The number of rotatable bonds is 2. The van der Waals surface area contributed by atoms with Crippen LogP contribution in [0.1, 0.15) is 11.3 Å². The lowest BCUT2D eigenvalue weighted by atomic mass is 10.1. The van der Waals surface area contributed by atoms with Crippen LogP contribution in [-0.2, 0) is 0 Å². The van der Waals surface area contributed by atoms with Gasteiger partial charge >= 0.3 is 0 Å². The molecule has 0 saturated carbocycles. The average molecular weight is 302 g/mol. The zero-order valence-corrected chi connectivity index (χ0v) is 12.8. The summed E-state index contributed by atoms with van der Waals surface area (Å²) < 4.78 is 1.75. The van der Waals surface area contributed by atoms with Crippen molar-refractivity contribution >= 4 is 11.0 Å². The Morgan fingerprint density at radius 2 is 1.87 bits per heavy atom. The maximum absolute atomic E-state index is 4.57. The Bertz CT molecular complexity index is 1000. The van der Waals surface area contributed by atoms with Crippen molar-refractivity contribution in [1.29, 1.82) is 0 Å². The quantitative estimate of drug-likeness (QED) is 0.569. The van der Waals surface area contributed by atoms with Crippen LogP contribution in [0.2, 0.25) is 0 Å². The van der Waals surface area contributed by atoms with Gasteiger partial charge in [-0.25, -0.2) is 9.97 Å². The van der Waals surface area contributed by atoms with Crippen molar-refractivity contribution in [3.63, 3.8) is 0 Å². The summed E-state index contributed by atoms with van der Waals surface area (Å²) in [5, 5.41) is 13.2. The molecule has 0 unspecified atom stereocenters. The Kier molecular flexibility index (Phi) is 3.08. The molecule has 0 radical (unpaired) electrons. The Hall–Kier alpha value is -3.15. The maximum Gasteiger partial charge on any atom is 0.188 e. The number of aryl methyl sites for hydroxylation is 2. The number of hydrogen-bond acceptors (Lipinski definition) is 5. The van der Waals surface area contributed by atoms with Crippen molar-refractivity contribution in [3.8, 4) is 17.1 Å². The molecule has 0 fully saturated rings. The molecule has 0 atom stereocenters. The number of para-hydroxylation sites is 1. The van der Waals surface area contributed by atoms with Gasteiger partial charge in [-0.1, -0.05) is 18.2 Å². The molecule has 0 bridgehead atoms. The van der Waals surface area contributed by atoms with E-state index in [-0.39, 0.29) is 0 Å². The lowest BCUT2D eigenvalue weighted by molar-refractivity contribution is 0.787. The van der Waals surface area contributed by atoms with E-state index in [9.17, 15) is 0 Å². The molecule has 0 spiro atoms. The van der Waals surface area contributed by atoms with Crippen LogP contribution in [0.15, 0.2) is 48.7 Å². The van der Waals surface area contributed by atoms with E-state index in [1.54, 1.807) is 10.9 Å². The van der Waals surface area contributed by atoms with Gasteiger partial charge in [-0.2, -0.15) is 4.68 Å². The number of tetrazole rings is 1. The summed E-state index contributed by atoms with van der Waals surface area (Å²) in [5.41, 5.74) is 4.54. The van der Waals surface area contributed by atoms with Crippen LogP contribution in [-0.4, -0.2) is 30.2 Å². The minimum atomic E-state index is 0.676. The first kappa shape index (κ1) is 13.5. The zero-order chi connectivity index (χ0) is 15.8. The van der Waals surface area contributed by atoms with Crippen LogP contribution >= 0.6 is 0 Å². The fourth-order valence-corrected chi connectivity index (χ4v) is 2.64. The molecule has 23 heavy (non-hydrogen) atoms. The Morgan fingerprint density at radius 1 is 1.00 bits per heavy atom. The van der Waals surface area contributed by atoms with Crippen LogP contribution in [0.5, 0.6) is 0 Å². The number of hydrogen-bond donors (Lipinski definition) is 0. The monoisotopic (exact) mass is 302 g/mol. The van der Waals surface area contributed by atoms with Crippen LogP contribution in [0.4, 0.5) is 0 Å². The number of fused-ring (bicyclic) bond motifs is 1. The molecule has 6 nitrogen and oxygen atoms in total. The van der Waals surface area contributed by atoms with Crippen molar-refractivity contribution in [2.24, 2.45) is 0 Å². The van der Waals surface area contributed by atoms with Gasteiger partial charge < -0.3 is 0 Å². The Morgan fingerprint density at radius 3 is 2.74 bits per heavy atom. The van der Waals surface area contributed by atoms with Crippen LogP contribution in [0, 0.1) is 13.8 Å². The van der Waals surface area contributed by atoms with Gasteiger partial charge in [0.2, 0.25) is 0 Å². The third-order valence-electron chi connectivity index (χ3n) is 3.83. The first-order chi connectivity index (χ1) is 11.2. The lowest BCUT2D eigenvalue weighted by Crippen LogP contribution is -2.03. The molecule has 0 saturated heterocycles. The Balaban J connectivity index is 1.95. The molecule has 0 N–H and O–H groups in total. The number of aromatic nitrogens is 6. The normalized spacial score (nSPS) is 11.0. The fraction of sp³-hybridized carbons (Fsp3) is 0.118. The maximum atomic E-state index is 4.57. The molecule has 0 aliphatic rings. The van der Waals surface area contributed by atoms with Gasteiger partial charge in [-0.15, -0.1) is 5.10 Å². The van der Waals surface area contributed by atoms with Crippen LogP contribution < -0.4 is 0 Å². The summed E-state index contributed by atoms with van der Waals surface area (Å²) in [6.45, 7) is 3.98. The number of nitrogens with zero attached hydrogens (tertiary/aromatic N) is 6. The number of benzene rings is 1. The molecule has 0 aliphatic heterocycles. The van der Waals surface area contributed by atoms with E-state index in [4.69, 9.17) is 0 Å². The predicted molar refractivity (Wildman–Crippen MR) is 87.2 cm³/mol. The van der Waals surface area contributed by atoms with Crippen molar-refractivity contribution in [2.75, 3.05) is 0 Å². The van der Waals surface area contributed by atoms with E-state index >= 15 is 0 Å². The third-order valence-corrected chi connectivity index (χ3v) is 3.83.